The Hall–Kier alpha value is -1.78. The maximum Gasteiger partial charge on any atom is 0.240 e. The number of pyridine rings is 1. The second kappa shape index (κ2) is 5.06. The predicted molar refractivity (Wildman–Crippen MR) is 55.4 cm³/mol. The Morgan fingerprint density at radius 2 is 2.14 bits per heavy atom. The van der Waals surface area contributed by atoms with Crippen LogP contribution in [0.5, 0.6) is 11.8 Å². The first kappa shape index (κ1) is 10.3. The number of methoxy groups -OCH3 is 2. The largest absolute Gasteiger partial charge is 0.481 e. The van der Waals surface area contributed by atoms with Gasteiger partial charge >= 0.3 is 0 Å². The lowest BCUT2D eigenvalue weighted by Crippen LogP contribution is -2.00. The standard InChI is InChI=1S/C9H13N3O2/c1-10-6-11-7-4-5-8(13-2)12-9(7)14-3/h4-6H,1-3H3,(H,10,11). The van der Waals surface area contributed by atoms with Gasteiger partial charge in [0, 0.05) is 13.1 Å². The van der Waals surface area contributed by atoms with Gasteiger partial charge in [0.1, 0.15) is 5.69 Å². The average molecular weight is 195 g/mol. The summed E-state index contributed by atoms with van der Waals surface area (Å²) in [6, 6.07) is 3.56. The van der Waals surface area contributed by atoms with Crippen molar-refractivity contribution < 1.29 is 9.47 Å². The molecule has 0 fully saturated rings. The molecule has 1 aromatic rings. The van der Waals surface area contributed by atoms with Crippen molar-refractivity contribution in [2.45, 2.75) is 0 Å². The summed E-state index contributed by atoms with van der Waals surface area (Å²) in [5.74, 6) is 0.991. The minimum atomic E-state index is 0.476. The average Bonchev–Trinajstić information content (AvgIpc) is 2.26. The Morgan fingerprint density at radius 1 is 1.36 bits per heavy atom. The maximum absolute atomic E-state index is 5.07. The highest BCUT2D eigenvalue weighted by molar-refractivity contribution is 5.77. The van der Waals surface area contributed by atoms with Crippen molar-refractivity contribution >= 4 is 12.0 Å². The molecule has 0 spiro atoms. The molecule has 0 unspecified atom stereocenters. The molecule has 1 rings (SSSR count). The number of aromatic nitrogens is 1. The summed E-state index contributed by atoms with van der Waals surface area (Å²) in [7, 11) is 4.79. The Kier molecular flexibility index (Phi) is 3.72. The highest BCUT2D eigenvalue weighted by Crippen LogP contribution is 2.23. The lowest BCUT2D eigenvalue weighted by Gasteiger charge is -2.07. The van der Waals surface area contributed by atoms with E-state index in [0.29, 0.717) is 11.8 Å². The van der Waals surface area contributed by atoms with Crippen LogP contribution in [0.2, 0.25) is 0 Å². The van der Waals surface area contributed by atoms with Crippen molar-refractivity contribution in [3.8, 4) is 11.8 Å². The first-order valence-electron chi connectivity index (χ1n) is 4.08. The van der Waals surface area contributed by atoms with Crippen LogP contribution in [0.4, 0.5) is 5.69 Å². The molecule has 1 aromatic heterocycles. The van der Waals surface area contributed by atoms with Crippen LogP contribution in [-0.4, -0.2) is 32.6 Å². The molecule has 76 valence electrons. The van der Waals surface area contributed by atoms with Gasteiger partial charge in [-0.15, -0.1) is 0 Å². The second-order valence-corrected chi connectivity index (χ2v) is 2.44. The number of nitrogens with one attached hydrogen (secondary N) is 1. The van der Waals surface area contributed by atoms with Crippen LogP contribution >= 0.6 is 0 Å². The predicted octanol–water partition coefficient (Wildman–Crippen LogP) is 1.17. The molecule has 1 heterocycles. The smallest absolute Gasteiger partial charge is 0.240 e. The summed E-state index contributed by atoms with van der Waals surface area (Å²) >= 11 is 0. The van der Waals surface area contributed by atoms with Crippen LogP contribution in [0.25, 0.3) is 0 Å². The molecule has 0 aliphatic rings. The Bertz CT molecular complexity index is 326. The maximum atomic E-state index is 5.07. The van der Waals surface area contributed by atoms with Gasteiger partial charge in [0.25, 0.3) is 0 Å². The summed E-state index contributed by atoms with van der Waals surface area (Å²) in [6.07, 6.45) is 1.56. The molecule has 0 aromatic carbocycles. The number of hydrogen-bond acceptors (Lipinski definition) is 4. The van der Waals surface area contributed by atoms with Gasteiger partial charge in [-0.3, -0.25) is 4.99 Å². The van der Waals surface area contributed by atoms with E-state index in [1.165, 1.54) is 0 Å². The summed E-state index contributed by atoms with van der Waals surface area (Å²) in [5, 5.41) is 2.93. The Morgan fingerprint density at radius 3 is 2.71 bits per heavy atom. The van der Waals surface area contributed by atoms with Gasteiger partial charge in [0.05, 0.1) is 20.6 Å². The number of anilines is 1. The van der Waals surface area contributed by atoms with Crippen LogP contribution in [0, 0.1) is 0 Å². The lowest BCUT2D eigenvalue weighted by atomic mass is 10.4. The topological polar surface area (TPSA) is 55.7 Å². The third-order valence-corrected chi connectivity index (χ3v) is 1.59. The molecule has 0 aliphatic heterocycles. The van der Waals surface area contributed by atoms with Crippen molar-refractivity contribution in [2.75, 3.05) is 26.6 Å². The molecule has 0 saturated carbocycles. The second-order valence-electron chi connectivity index (χ2n) is 2.44. The van der Waals surface area contributed by atoms with Crippen LogP contribution in [0.3, 0.4) is 0 Å². The molecular formula is C9H13N3O2. The zero-order valence-electron chi connectivity index (χ0n) is 8.44. The zero-order chi connectivity index (χ0) is 10.4. The van der Waals surface area contributed by atoms with Crippen LogP contribution in [0.1, 0.15) is 0 Å². The van der Waals surface area contributed by atoms with E-state index in [2.05, 4.69) is 15.3 Å². The molecule has 5 nitrogen and oxygen atoms in total. The first-order chi connectivity index (χ1) is 6.81. The normalized spacial score (nSPS) is 10.2. The molecule has 14 heavy (non-hydrogen) atoms. The van der Waals surface area contributed by atoms with Crippen molar-refractivity contribution in [1.82, 2.24) is 4.98 Å². The zero-order valence-corrected chi connectivity index (χ0v) is 8.44. The van der Waals surface area contributed by atoms with E-state index in [4.69, 9.17) is 9.47 Å². The highest BCUT2D eigenvalue weighted by Gasteiger charge is 2.04. The molecule has 0 amide bonds. The highest BCUT2D eigenvalue weighted by atomic mass is 16.5. The van der Waals surface area contributed by atoms with Gasteiger partial charge in [-0.05, 0) is 6.07 Å². The molecule has 0 aliphatic carbocycles. The van der Waals surface area contributed by atoms with Crippen LogP contribution in [-0.2, 0) is 0 Å². The van der Waals surface area contributed by atoms with E-state index < -0.39 is 0 Å². The van der Waals surface area contributed by atoms with Gasteiger partial charge in [-0.2, -0.15) is 4.98 Å². The Labute approximate surface area is 82.8 Å². The number of rotatable bonds is 4. The van der Waals surface area contributed by atoms with Crippen molar-refractivity contribution in [2.24, 2.45) is 4.99 Å². The fourth-order valence-electron chi connectivity index (χ4n) is 0.937. The third kappa shape index (κ3) is 2.35. The van der Waals surface area contributed by atoms with Gasteiger partial charge in [-0.1, -0.05) is 0 Å². The first-order valence-corrected chi connectivity index (χ1v) is 4.08. The molecule has 5 heteroatoms. The van der Waals surface area contributed by atoms with E-state index in [0.717, 1.165) is 5.69 Å². The van der Waals surface area contributed by atoms with Gasteiger partial charge in [0.2, 0.25) is 11.8 Å². The summed E-state index contributed by atoms with van der Waals surface area (Å²) in [4.78, 5) is 7.89. The van der Waals surface area contributed by atoms with E-state index in [9.17, 15) is 0 Å². The molecule has 0 saturated heterocycles. The fraction of sp³-hybridized carbons (Fsp3) is 0.333. The van der Waals surface area contributed by atoms with E-state index >= 15 is 0 Å². The molecular weight excluding hydrogens is 182 g/mol. The number of aliphatic imine (C=N–C) groups is 1. The quantitative estimate of drug-likeness (QED) is 0.578. The van der Waals surface area contributed by atoms with Crippen LogP contribution < -0.4 is 14.8 Å². The SMILES string of the molecule is CN=CNc1ccc(OC)nc1OC. The van der Waals surface area contributed by atoms with Gasteiger partial charge in [0.15, 0.2) is 0 Å². The Balaban J connectivity index is 2.92. The molecule has 0 radical (unpaired) electrons. The van der Waals surface area contributed by atoms with Gasteiger partial charge in [-0.25, -0.2) is 0 Å². The number of ether oxygens (including phenoxy) is 2. The van der Waals surface area contributed by atoms with Crippen LogP contribution in [0.15, 0.2) is 17.1 Å². The monoisotopic (exact) mass is 195 g/mol. The lowest BCUT2D eigenvalue weighted by molar-refractivity contribution is 0.366. The third-order valence-electron chi connectivity index (χ3n) is 1.59. The summed E-state index contributed by atoms with van der Waals surface area (Å²) < 4.78 is 10.0. The minimum Gasteiger partial charge on any atom is -0.481 e. The fourth-order valence-corrected chi connectivity index (χ4v) is 0.937. The number of nitrogens with zero attached hydrogens (tertiary/aromatic N) is 2. The van der Waals surface area contributed by atoms with E-state index in [-0.39, 0.29) is 0 Å². The van der Waals surface area contributed by atoms with Crippen molar-refractivity contribution in [3.05, 3.63) is 12.1 Å². The molecule has 1 N–H and O–H groups in total. The molecule has 0 atom stereocenters. The van der Waals surface area contributed by atoms with Crippen molar-refractivity contribution in [3.63, 3.8) is 0 Å². The van der Waals surface area contributed by atoms with Crippen molar-refractivity contribution in [1.29, 1.82) is 0 Å². The van der Waals surface area contributed by atoms with Gasteiger partial charge < -0.3 is 14.8 Å². The summed E-state index contributed by atoms with van der Waals surface area (Å²) in [6.45, 7) is 0. The van der Waals surface area contributed by atoms with E-state index in [1.807, 2.05) is 6.07 Å². The molecule has 0 bridgehead atoms. The number of hydrogen-bond donors (Lipinski definition) is 1. The summed E-state index contributed by atoms with van der Waals surface area (Å²) in [5.41, 5.74) is 0.749. The minimum absolute atomic E-state index is 0.476. The van der Waals surface area contributed by atoms with E-state index in [1.54, 1.807) is 33.7 Å².